The molecule has 0 bridgehead atoms. The maximum atomic E-state index is 6.35. The standard InChI is InChI=1S/C21H19NO/c1-3-7-17(8-4-1)18-11-13-20(14-12-18)23-21(15-22-16-21)19-9-5-2-6-10-19/h1-14,22H,15-16H2. The second-order valence-corrected chi connectivity index (χ2v) is 5.96. The topological polar surface area (TPSA) is 21.3 Å². The Morgan fingerprint density at radius 1 is 0.652 bits per heavy atom. The lowest BCUT2D eigenvalue weighted by Crippen LogP contribution is -2.60. The Bertz CT molecular complexity index is 762. The Kier molecular flexibility index (Phi) is 3.60. The average molecular weight is 301 g/mol. The Hall–Kier alpha value is -2.58. The van der Waals surface area contributed by atoms with Gasteiger partial charge in [-0.25, -0.2) is 0 Å². The molecule has 1 fully saturated rings. The van der Waals surface area contributed by atoms with Gasteiger partial charge in [0.15, 0.2) is 5.60 Å². The zero-order chi connectivity index (χ0) is 15.5. The molecule has 0 atom stereocenters. The van der Waals surface area contributed by atoms with Gasteiger partial charge in [-0.2, -0.15) is 0 Å². The van der Waals surface area contributed by atoms with E-state index in [0.29, 0.717) is 0 Å². The molecule has 23 heavy (non-hydrogen) atoms. The van der Waals surface area contributed by atoms with E-state index in [1.165, 1.54) is 16.7 Å². The smallest absolute Gasteiger partial charge is 0.159 e. The SMILES string of the molecule is c1ccc(-c2ccc(OC3(c4ccccc4)CNC3)cc2)cc1. The van der Waals surface area contributed by atoms with E-state index in [-0.39, 0.29) is 5.60 Å². The number of nitrogens with one attached hydrogen (secondary N) is 1. The van der Waals surface area contributed by atoms with Crippen LogP contribution in [0.5, 0.6) is 5.75 Å². The van der Waals surface area contributed by atoms with Crippen LogP contribution in [0.3, 0.4) is 0 Å². The van der Waals surface area contributed by atoms with Crippen LogP contribution in [0.25, 0.3) is 11.1 Å². The second-order valence-electron chi connectivity index (χ2n) is 5.96. The van der Waals surface area contributed by atoms with Crippen LogP contribution in [0.15, 0.2) is 84.9 Å². The number of benzene rings is 3. The highest BCUT2D eigenvalue weighted by Gasteiger charge is 2.41. The Morgan fingerprint density at radius 2 is 1.22 bits per heavy atom. The van der Waals surface area contributed by atoms with E-state index in [9.17, 15) is 0 Å². The van der Waals surface area contributed by atoms with E-state index in [4.69, 9.17) is 4.74 Å². The molecule has 1 heterocycles. The Labute approximate surface area is 136 Å². The van der Waals surface area contributed by atoms with Gasteiger partial charge in [-0.1, -0.05) is 72.8 Å². The van der Waals surface area contributed by atoms with Gasteiger partial charge < -0.3 is 10.1 Å². The maximum Gasteiger partial charge on any atom is 0.159 e. The highest BCUT2D eigenvalue weighted by atomic mass is 16.5. The predicted molar refractivity (Wildman–Crippen MR) is 93.5 cm³/mol. The fourth-order valence-electron chi connectivity index (χ4n) is 3.00. The normalized spacial score (nSPS) is 15.7. The van der Waals surface area contributed by atoms with E-state index >= 15 is 0 Å². The monoisotopic (exact) mass is 301 g/mol. The molecule has 0 radical (unpaired) electrons. The first-order valence-electron chi connectivity index (χ1n) is 7.97. The largest absolute Gasteiger partial charge is 0.480 e. The van der Waals surface area contributed by atoms with Gasteiger partial charge in [0.1, 0.15) is 5.75 Å². The van der Waals surface area contributed by atoms with E-state index in [1.807, 2.05) is 12.1 Å². The van der Waals surface area contributed by atoms with Gasteiger partial charge in [-0.05, 0) is 28.8 Å². The van der Waals surface area contributed by atoms with Crippen LogP contribution in [-0.2, 0) is 5.60 Å². The molecule has 1 aliphatic heterocycles. The molecule has 4 rings (SSSR count). The van der Waals surface area contributed by atoms with Crippen molar-refractivity contribution in [3.8, 4) is 16.9 Å². The molecule has 0 unspecified atom stereocenters. The van der Waals surface area contributed by atoms with Crippen LogP contribution in [0, 0.1) is 0 Å². The molecule has 3 aromatic rings. The third kappa shape index (κ3) is 2.73. The van der Waals surface area contributed by atoms with Crippen LogP contribution in [0.4, 0.5) is 0 Å². The van der Waals surface area contributed by atoms with Crippen molar-refractivity contribution in [2.75, 3.05) is 13.1 Å². The van der Waals surface area contributed by atoms with E-state index in [0.717, 1.165) is 18.8 Å². The summed E-state index contributed by atoms with van der Waals surface area (Å²) >= 11 is 0. The molecule has 1 saturated heterocycles. The van der Waals surface area contributed by atoms with Crippen LogP contribution in [0.2, 0.25) is 0 Å². The lowest BCUT2D eigenvalue weighted by Gasteiger charge is -2.43. The van der Waals surface area contributed by atoms with Gasteiger partial charge in [0.05, 0.1) is 0 Å². The molecule has 2 heteroatoms. The first-order chi connectivity index (χ1) is 11.4. The summed E-state index contributed by atoms with van der Waals surface area (Å²) in [4.78, 5) is 0. The van der Waals surface area contributed by atoms with Gasteiger partial charge in [-0.3, -0.25) is 0 Å². The average Bonchev–Trinajstić information content (AvgIpc) is 2.60. The van der Waals surface area contributed by atoms with Gasteiger partial charge in [0.25, 0.3) is 0 Å². The minimum absolute atomic E-state index is 0.241. The van der Waals surface area contributed by atoms with Crippen molar-refractivity contribution in [3.63, 3.8) is 0 Å². The minimum atomic E-state index is -0.241. The molecule has 0 saturated carbocycles. The van der Waals surface area contributed by atoms with Crippen LogP contribution < -0.4 is 10.1 Å². The summed E-state index contributed by atoms with van der Waals surface area (Å²) in [5, 5.41) is 3.33. The molecule has 114 valence electrons. The third-order valence-electron chi connectivity index (χ3n) is 4.40. The van der Waals surface area contributed by atoms with Crippen molar-refractivity contribution < 1.29 is 4.74 Å². The lowest BCUT2D eigenvalue weighted by atomic mass is 9.88. The number of hydrogen-bond donors (Lipinski definition) is 1. The Morgan fingerprint density at radius 3 is 1.78 bits per heavy atom. The molecule has 0 amide bonds. The fraction of sp³-hybridized carbons (Fsp3) is 0.143. The van der Waals surface area contributed by atoms with Crippen molar-refractivity contribution in [2.24, 2.45) is 0 Å². The quantitative estimate of drug-likeness (QED) is 0.778. The molecule has 0 aromatic heterocycles. The lowest BCUT2D eigenvalue weighted by molar-refractivity contribution is 0.0122. The molecule has 1 N–H and O–H groups in total. The third-order valence-corrected chi connectivity index (χ3v) is 4.40. The summed E-state index contributed by atoms with van der Waals surface area (Å²) in [6, 6.07) is 29.2. The summed E-state index contributed by atoms with van der Waals surface area (Å²) in [5.74, 6) is 0.912. The first-order valence-corrected chi connectivity index (χ1v) is 7.97. The summed E-state index contributed by atoms with van der Waals surface area (Å²) in [6.07, 6.45) is 0. The maximum absolute atomic E-state index is 6.35. The number of ether oxygens (including phenoxy) is 1. The van der Waals surface area contributed by atoms with E-state index < -0.39 is 0 Å². The van der Waals surface area contributed by atoms with Gasteiger partial charge in [-0.15, -0.1) is 0 Å². The van der Waals surface area contributed by atoms with E-state index in [2.05, 4.69) is 78.1 Å². The Balaban J connectivity index is 1.57. The number of rotatable bonds is 4. The highest BCUT2D eigenvalue weighted by molar-refractivity contribution is 5.63. The zero-order valence-corrected chi connectivity index (χ0v) is 12.9. The van der Waals surface area contributed by atoms with Crippen LogP contribution in [-0.4, -0.2) is 13.1 Å². The molecule has 1 aliphatic rings. The molecular formula is C21H19NO. The van der Waals surface area contributed by atoms with Crippen LogP contribution in [0.1, 0.15) is 5.56 Å². The second kappa shape index (κ2) is 5.90. The highest BCUT2D eigenvalue weighted by Crippen LogP contribution is 2.32. The van der Waals surface area contributed by atoms with Gasteiger partial charge in [0.2, 0.25) is 0 Å². The summed E-state index contributed by atoms with van der Waals surface area (Å²) in [6.45, 7) is 1.69. The van der Waals surface area contributed by atoms with Crippen molar-refractivity contribution >= 4 is 0 Å². The molecule has 2 nitrogen and oxygen atoms in total. The minimum Gasteiger partial charge on any atom is -0.480 e. The van der Waals surface area contributed by atoms with Crippen molar-refractivity contribution in [3.05, 3.63) is 90.5 Å². The van der Waals surface area contributed by atoms with Gasteiger partial charge >= 0.3 is 0 Å². The van der Waals surface area contributed by atoms with E-state index in [1.54, 1.807) is 0 Å². The summed E-state index contributed by atoms with van der Waals surface area (Å²) in [7, 11) is 0. The fourth-order valence-corrected chi connectivity index (χ4v) is 3.00. The van der Waals surface area contributed by atoms with Crippen molar-refractivity contribution in [2.45, 2.75) is 5.60 Å². The number of hydrogen-bond acceptors (Lipinski definition) is 2. The molecule has 0 aliphatic carbocycles. The summed E-state index contributed by atoms with van der Waals surface area (Å²) < 4.78 is 6.35. The zero-order valence-electron chi connectivity index (χ0n) is 12.9. The van der Waals surface area contributed by atoms with Gasteiger partial charge in [0, 0.05) is 13.1 Å². The van der Waals surface area contributed by atoms with Crippen molar-refractivity contribution in [1.29, 1.82) is 0 Å². The molecule has 3 aromatic carbocycles. The first kappa shape index (κ1) is 14.0. The van der Waals surface area contributed by atoms with Crippen LogP contribution >= 0.6 is 0 Å². The molecular weight excluding hydrogens is 282 g/mol. The molecule has 0 spiro atoms. The predicted octanol–water partition coefficient (Wildman–Crippen LogP) is 4.23. The van der Waals surface area contributed by atoms with Crippen molar-refractivity contribution in [1.82, 2.24) is 5.32 Å². The summed E-state index contributed by atoms with van der Waals surface area (Å²) in [5.41, 5.74) is 3.42.